The Balaban J connectivity index is 1.76. The Kier molecular flexibility index (Phi) is 5.05. The van der Waals surface area contributed by atoms with Gasteiger partial charge in [0.2, 0.25) is 11.8 Å². The molecule has 110 valence electrons. The molecule has 0 bridgehead atoms. The summed E-state index contributed by atoms with van der Waals surface area (Å²) in [5, 5.41) is 12.8. The van der Waals surface area contributed by atoms with Crippen LogP contribution in [0.25, 0.3) is 0 Å². The molecule has 1 aromatic rings. The Morgan fingerprint density at radius 2 is 2.30 bits per heavy atom. The maximum Gasteiger partial charge on any atom is 0.224 e. The van der Waals surface area contributed by atoms with Crippen molar-refractivity contribution in [2.45, 2.75) is 33.1 Å². The van der Waals surface area contributed by atoms with Gasteiger partial charge in [0.15, 0.2) is 0 Å². The number of amides is 2. The summed E-state index contributed by atoms with van der Waals surface area (Å²) >= 11 is 1.55. The van der Waals surface area contributed by atoms with Crippen LogP contribution in [0.5, 0.6) is 0 Å². The molecule has 20 heavy (non-hydrogen) atoms. The lowest BCUT2D eigenvalue weighted by atomic mass is 9.96. The fourth-order valence-corrected chi connectivity index (χ4v) is 3.02. The molecule has 0 aliphatic carbocycles. The van der Waals surface area contributed by atoms with Crippen LogP contribution in [0.3, 0.4) is 0 Å². The average molecular weight is 296 g/mol. The van der Waals surface area contributed by atoms with Gasteiger partial charge in [0.05, 0.1) is 5.92 Å². The first kappa shape index (κ1) is 14.9. The van der Waals surface area contributed by atoms with E-state index in [0.717, 1.165) is 10.0 Å². The van der Waals surface area contributed by atoms with Crippen molar-refractivity contribution in [1.29, 1.82) is 0 Å². The second-order valence-electron chi connectivity index (χ2n) is 4.92. The number of piperidine rings is 1. The minimum Gasteiger partial charge on any atom is -0.355 e. The zero-order valence-electron chi connectivity index (χ0n) is 11.9. The molecule has 2 rings (SSSR count). The van der Waals surface area contributed by atoms with Crippen molar-refractivity contribution in [3.63, 3.8) is 0 Å². The van der Waals surface area contributed by atoms with E-state index in [1.54, 1.807) is 16.2 Å². The Hall–Kier alpha value is -1.50. The minimum absolute atomic E-state index is 0.0391. The molecule has 2 heterocycles. The van der Waals surface area contributed by atoms with Crippen LogP contribution in [0.1, 0.15) is 29.8 Å². The van der Waals surface area contributed by atoms with E-state index in [0.29, 0.717) is 38.9 Å². The molecule has 0 aromatic carbocycles. The second-order valence-corrected chi connectivity index (χ2v) is 6.19. The van der Waals surface area contributed by atoms with Crippen molar-refractivity contribution >= 4 is 23.2 Å². The zero-order chi connectivity index (χ0) is 14.5. The maximum atomic E-state index is 12.1. The molecule has 6 nitrogen and oxygen atoms in total. The highest BCUT2D eigenvalue weighted by atomic mass is 32.1. The summed E-state index contributed by atoms with van der Waals surface area (Å²) in [6.45, 7) is 5.64. The molecule has 7 heteroatoms. The summed E-state index contributed by atoms with van der Waals surface area (Å²) in [6.07, 6.45) is 1.83. The molecule has 1 atom stereocenters. The Bertz CT molecular complexity index is 488. The molecule has 1 aliphatic heterocycles. The largest absolute Gasteiger partial charge is 0.355 e. The first-order valence-electron chi connectivity index (χ1n) is 6.94. The molecule has 1 N–H and O–H groups in total. The van der Waals surface area contributed by atoms with E-state index in [2.05, 4.69) is 15.5 Å². The summed E-state index contributed by atoms with van der Waals surface area (Å²) in [5.74, 6) is 0.113. The minimum atomic E-state index is -0.0798. The van der Waals surface area contributed by atoms with Crippen molar-refractivity contribution < 1.29 is 9.59 Å². The van der Waals surface area contributed by atoms with E-state index >= 15 is 0 Å². The molecular formula is C13H20N4O2S. The Labute approximate surface area is 122 Å². The molecule has 1 aromatic heterocycles. The molecule has 1 saturated heterocycles. The van der Waals surface area contributed by atoms with Crippen LogP contribution < -0.4 is 5.32 Å². The lowest BCUT2D eigenvalue weighted by Crippen LogP contribution is -2.45. The van der Waals surface area contributed by atoms with Crippen LogP contribution in [0.15, 0.2) is 0 Å². The number of hydrogen-bond acceptors (Lipinski definition) is 5. The quantitative estimate of drug-likeness (QED) is 0.870. The molecule has 0 spiro atoms. The van der Waals surface area contributed by atoms with Gasteiger partial charge in [-0.25, -0.2) is 0 Å². The van der Waals surface area contributed by atoms with Crippen molar-refractivity contribution in [3.8, 4) is 0 Å². The summed E-state index contributed by atoms with van der Waals surface area (Å²) in [6, 6.07) is 0. The number of hydrogen-bond donors (Lipinski definition) is 1. The van der Waals surface area contributed by atoms with Crippen molar-refractivity contribution in [3.05, 3.63) is 10.0 Å². The van der Waals surface area contributed by atoms with Crippen LogP contribution in [0.2, 0.25) is 0 Å². The topological polar surface area (TPSA) is 75.2 Å². The number of aromatic nitrogens is 2. The maximum absolute atomic E-state index is 12.1. The van der Waals surface area contributed by atoms with Gasteiger partial charge in [0, 0.05) is 32.5 Å². The van der Waals surface area contributed by atoms with Crippen LogP contribution >= 0.6 is 11.3 Å². The van der Waals surface area contributed by atoms with Gasteiger partial charge < -0.3 is 10.2 Å². The van der Waals surface area contributed by atoms with Crippen LogP contribution in [0.4, 0.5) is 0 Å². The molecule has 0 saturated carbocycles. The van der Waals surface area contributed by atoms with Crippen molar-refractivity contribution in [2.24, 2.45) is 5.92 Å². The van der Waals surface area contributed by atoms with E-state index in [4.69, 9.17) is 0 Å². The lowest BCUT2D eigenvalue weighted by molar-refractivity contribution is -0.138. The Morgan fingerprint density at radius 3 is 2.95 bits per heavy atom. The first-order valence-corrected chi connectivity index (χ1v) is 7.76. The predicted molar refractivity (Wildman–Crippen MR) is 76.3 cm³/mol. The highest BCUT2D eigenvalue weighted by molar-refractivity contribution is 7.11. The number of nitrogens with zero attached hydrogens (tertiary/aromatic N) is 3. The monoisotopic (exact) mass is 296 g/mol. The molecule has 1 aliphatic rings. The third-order valence-corrected chi connectivity index (χ3v) is 4.36. The average Bonchev–Trinajstić information content (AvgIpc) is 2.85. The van der Waals surface area contributed by atoms with E-state index < -0.39 is 0 Å². The first-order chi connectivity index (χ1) is 9.60. The summed E-state index contributed by atoms with van der Waals surface area (Å²) in [5.41, 5.74) is 0. The zero-order valence-corrected chi connectivity index (χ0v) is 12.7. The second kappa shape index (κ2) is 6.78. The lowest BCUT2D eigenvalue weighted by Gasteiger charge is -2.30. The molecular weight excluding hydrogens is 276 g/mol. The molecule has 2 amide bonds. The standard InChI is InChI=1S/C13H20N4O2S/c1-3-17-8-10(4-5-12(17)18)13(19)14-7-6-11-16-15-9(2)20-11/h10H,3-8H2,1-2H3,(H,14,19)/t10-/m0/s1. The summed E-state index contributed by atoms with van der Waals surface area (Å²) in [4.78, 5) is 25.4. The van der Waals surface area contributed by atoms with E-state index in [1.165, 1.54) is 0 Å². The smallest absolute Gasteiger partial charge is 0.224 e. The number of carbonyl (C=O) groups excluding carboxylic acids is 2. The fraction of sp³-hybridized carbons (Fsp3) is 0.692. The fourth-order valence-electron chi connectivity index (χ4n) is 2.31. The third-order valence-electron chi connectivity index (χ3n) is 3.46. The normalized spacial score (nSPS) is 19.2. The van der Waals surface area contributed by atoms with Gasteiger partial charge in [-0.05, 0) is 20.3 Å². The van der Waals surface area contributed by atoms with E-state index in [-0.39, 0.29) is 17.7 Å². The van der Waals surface area contributed by atoms with E-state index in [1.807, 2.05) is 13.8 Å². The van der Waals surface area contributed by atoms with Gasteiger partial charge in [-0.15, -0.1) is 21.5 Å². The van der Waals surface area contributed by atoms with Crippen LogP contribution in [0, 0.1) is 12.8 Å². The van der Waals surface area contributed by atoms with Crippen LogP contribution in [-0.2, 0) is 16.0 Å². The summed E-state index contributed by atoms with van der Waals surface area (Å²) < 4.78 is 0. The van der Waals surface area contributed by atoms with Crippen LogP contribution in [-0.4, -0.2) is 46.5 Å². The Morgan fingerprint density at radius 1 is 1.50 bits per heavy atom. The predicted octanol–water partition coefficient (Wildman–Crippen LogP) is 0.764. The van der Waals surface area contributed by atoms with Crippen molar-refractivity contribution in [2.75, 3.05) is 19.6 Å². The van der Waals surface area contributed by atoms with Gasteiger partial charge in [0.1, 0.15) is 10.0 Å². The summed E-state index contributed by atoms with van der Waals surface area (Å²) in [7, 11) is 0. The van der Waals surface area contributed by atoms with Gasteiger partial charge >= 0.3 is 0 Å². The molecule has 1 fully saturated rings. The highest BCUT2D eigenvalue weighted by Gasteiger charge is 2.28. The van der Waals surface area contributed by atoms with Gasteiger partial charge in [-0.3, -0.25) is 9.59 Å². The number of likely N-dealkylation sites (tertiary alicyclic amines) is 1. The molecule has 0 unspecified atom stereocenters. The molecule has 0 radical (unpaired) electrons. The third kappa shape index (κ3) is 3.75. The van der Waals surface area contributed by atoms with Gasteiger partial charge in [-0.1, -0.05) is 0 Å². The number of rotatable bonds is 5. The van der Waals surface area contributed by atoms with Gasteiger partial charge in [-0.2, -0.15) is 0 Å². The SMILES string of the molecule is CCN1C[C@@H](C(=O)NCCc2nnc(C)s2)CCC1=O. The van der Waals surface area contributed by atoms with Crippen molar-refractivity contribution in [1.82, 2.24) is 20.4 Å². The number of carbonyl (C=O) groups is 2. The highest BCUT2D eigenvalue weighted by Crippen LogP contribution is 2.17. The van der Waals surface area contributed by atoms with E-state index in [9.17, 15) is 9.59 Å². The number of nitrogens with one attached hydrogen (secondary N) is 1. The van der Waals surface area contributed by atoms with Gasteiger partial charge in [0.25, 0.3) is 0 Å². The number of aryl methyl sites for hydroxylation is 1.